The second-order valence-electron chi connectivity index (χ2n) is 5.92. The number of aliphatic hydroxyl groups is 3. The van der Waals surface area contributed by atoms with E-state index < -0.39 is 36.7 Å². The highest BCUT2D eigenvalue weighted by atomic mass is 16.7. The van der Waals surface area contributed by atoms with Gasteiger partial charge in [0.1, 0.15) is 31.0 Å². The smallest absolute Gasteiger partial charge is 0.333 e. The molecule has 7 heteroatoms. The molecule has 0 aliphatic carbocycles. The Morgan fingerprint density at radius 2 is 1.83 bits per heavy atom. The largest absolute Gasteiger partial charge is 0.459 e. The molecule has 0 amide bonds. The molecule has 5 unspecified atom stereocenters. The number of carbonyl (C=O) groups excluding carboxylic acids is 1. The first-order chi connectivity index (χ1) is 10.9. The van der Waals surface area contributed by atoms with Crippen molar-refractivity contribution >= 4 is 5.97 Å². The van der Waals surface area contributed by atoms with Crippen LogP contribution < -0.4 is 0 Å². The van der Waals surface area contributed by atoms with Gasteiger partial charge in [-0.1, -0.05) is 17.7 Å². The standard InChI is InChI=1S/C16H24O7/c1-9-4-3-5-10(2)15(20)22-8-11-12(17)13(18)14(19)16(23-11)21-7-6-9/h5-6,11-14,16-19H,3-4,7-8H2,1-2H3/b9-6+,10-5-. The number of hydrogen-bond donors (Lipinski definition) is 3. The number of esters is 1. The normalized spacial score (nSPS) is 41.8. The fourth-order valence-corrected chi connectivity index (χ4v) is 2.45. The molecule has 3 N–H and O–H groups in total. The number of rotatable bonds is 0. The third-order valence-corrected chi connectivity index (χ3v) is 4.05. The molecule has 2 rings (SSSR count). The maximum absolute atomic E-state index is 11.9. The molecule has 2 heterocycles. The second-order valence-corrected chi connectivity index (χ2v) is 5.92. The maximum Gasteiger partial charge on any atom is 0.333 e. The minimum absolute atomic E-state index is 0.214. The molecule has 2 aliphatic rings. The molecule has 0 radical (unpaired) electrons. The van der Waals surface area contributed by atoms with Crippen LogP contribution in [0, 0.1) is 0 Å². The average molecular weight is 328 g/mol. The van der Waals surface area contributed by atoms with Gasteiger partial charge >= 0.3 is 5.97 Å². The third kappa shape index (κ3) is 4.62. The molecule has 1 saturated heterocycles. The summed E-state index contributed by atoms with van der Waals surface area (Å²) in [6.45, 7) is 3.58. The highest BCUT2D eigenvalue weighted by Crippen LogP contribution is 2.23. The summed E-state index contributed by atoms with van der Waals surface area (Å²) < 4.78 is 16.0. The van der Waals surface area contributed by atoms with Crippen LogP contribution >= 0.6 is 0 Å². The van der Waals surface area contributed by atoms with Crippen molar-refractivity contribution < 1.29 is 34.3 Å². The van der Waals surface area contributed by atoms with E-state index in [4.69, 9.17) is 14.2 Å². The highest BCUT2D eigenvalue weighted by molar-refractivity contribution is 5.87. The minimum Gasteiger partial charge on any atom is -0.459 e. The summed E-state index contributed by atoms with van der Waals surface area (Å²) in [5.41, 5.74) is 1.55. The summed E-state index contributed by atoms with van der Waals surface area (Å²) in [6, 6.07) is 0. The van der Waals surface area contributed by atoms with Crippen molar-refractivity contribution in [1.29, 1.82) is 0 Å². The first kappa shape index (κ1) is 18.1. The third-order valence-electron chi connectivity index (χ3n) is 4.05. The van der Waals surface area contributed by atoms with Gasteiger partial charge in [0.25, 0.3) is 0 Å². The molecular formula is C16H24O7. The number of hydrogen-bond acceptors (Lipinski definition) is 7. The Hall–Kier alpha value is -1.25. The number of ether oxygens (including phenoxy) is 3. The zero-order valence-electron chi connectivity index (χ0n) is 13.3. The molecule has 0 spiro atoms. The van der Waals surface area contributed by atoms with E-state index in [0.717, 1.165) is 12.0 Å². The van der Waals surface area contributed by atoms with Crippen LogP contribution in [0.4, 0.5) is 0 Å². The molecule has 2 aliphatic heterocycles. The Morgan fingerprint density at radius 3 is 2.57 bits per heavy atom. The van der Waals surface area contributed by atoms with Crippen LogP contribution in [0.15, 0.2) is 23.3 Å². The summed E-state index contributed by atoms with van der Waals surface area (Å²) in [6.07, 6.45) is -1.12. The summed E-state index contributed by atoms with van der Waals surface area (Å²) in [5, 5.41) is 29.8. The Labute approximate surface area is 135 Å². The molecular weight excluding hydrogens is 304 g/mol. The monoisotopic (exact) mass is 328 g/mol. The predicted molar refractivity (Wildman–Crippen MR) is 80.3 cm³/mol. The minimum atomic E-state index is -1.44. The van der Waals surface area contributed by atoms with E-state index in [0.29, 0.717) is 12.0 Å². The Kier molecular flexibility index (Phi) is 6.32. The van der Waals surface area contributed by atoms with Crippen LogP contribution in [0.5, 0.6) is 0 Å². The summed E-state index contributed by atoms with van der Waals surface area (Å²) in [5.74, 6) is -0.502. The van der Waals surface area contributed by atoms with E-state index in [1.54, 1.807) is 13.0 Å². The molecule has 0 aromatic heterocycles. The van der Waals surface area contributed by atoms with Crippen molar-refractivity contribution in [2.45, 2.75) is 57.4 Å². The van der Waals surface area contributed by atoms with E-state index in [1.807, 2.05) is 13.0 Å². The summed E-state index contributed by atoms with van der Waals surface area (Å²) >= 11 is 0. The lowest BCUT2D eigenvalue weighted by Gasteiger charge is -2.39. The van der Waals surface area contributed by atoms with Crippen molar-refractivity contribution in [2.24, 2.45) is 0 Å². The molecule has 5 atom stereocenters. The Balaban J connectivity index is 2.16. The summed E-state index contributed by atoms with van der Waals surface area (Å²) in [4.78, 5) is 11.9. The van der Waals surface area contributed by atoms with Crippen LogP contribution in [0.1, 0.15) is 26.7 Å². The predicted octanol–water partition coefficient (Wildman–Crippen LogP) is 0.0402. The van der Waals surface area contributed by atoms with Crippen LogP contribution in [0.25, 0.3) is 0 Å². The SMILES string of the molecule is C/C1=C/CC/C(C)=C/COC2OC(COC1=O)C(O)C(O)C2O. The van der Waals surface area contributed by atoms with Gasteiger partial charge in [-0.2, -0.15) is 0 Å². The van der Waals surface area contributed by atoms with Gasteiger partial charge in [-0.25, -0.2) is 4.79 Å². The molecule has 7 nitrogen and oxygen atoms in total. The van der Waals surface area contributed by atoms with Gasteiger partial charge in [0.05, 0.1) is 6.61 Å². The lowest BCUT2D eigenvalue weighted by Crippen LogP contribution is -2.59. The van der Waals surface area contributed by atoms with Crippen LogP contribution in [0.2, 0.25) is 0 Å². The van der Waals surface area contributed by atoms with Crippen molar-refractivity contribution in [3.8, 4) is 0 Å². The van der Waals surface area contributed by atoms with Gasteiger partial charge in [-0.05, 0) is 26.7 Å². The topological polar surface area (TPSA) is 105 Å². The molecule has 0 aromatic rings. The number of allylic oxidation sites excluding steroid dienone is 2. The van der Waals surface area contributed by atoms with E-state index in [-0.39, 0.29) is 13.2 Å². The second kappa shape index (κ2) is 8.03. The van der Waals surface area contributed by atoms with E-state index in [2.05, 4.69) is 0 Å². The highest BCUT2D eigenvalue weighted by Gasteiger charge is 2.44. The van der Waals surface area contributed by atoms with Gasteiger partial charge < -0.3 is 29.5 Å². The van der Waals surface area contributed by atoms with Crippen molar-refractivity contribution in [3.05, 3.63) is 23.3 Å². The Bertz CT molecular complexity index is 485. The molecule has 1 fully saturated rings. The first-order valence-corrected chi connectivity index (χ1v) is 7.71. The number of carbonyl (C=O) groups is 1. The fourth-order valence-electron chi connectivity index (χ4n) is 2.45. The first-order valence-electron chi connectivity index (χ1n) is 7.71. The lowest BCUT2D eigenvalue weighted by atomic mass is 9.99. The van der Waals surface area contributed by atoms with Crippen LogP contribution in [-0.2, 0) is 19.0 Å². The lowest BCUT2D eigenvalue weighted by molar-refractivity contribution is -0.299. The van der Waals surface area contributed by atoms with Gasteiger partial charge in [-0.3, -0.25) is 0 Å². The van der Waals surface area contributed by atoms with Crippen molar-refractivity contribution in [3.63, 3.8) is 0 Å². The fraction of sp³-hybridized carbons (Fsp3) is 0.688. The van der Waals surface area contributed by atoms with E-state index >= 15 is 0 Å². The zero-order chi connectivity index (χ0) is 17.0. The van der Waals surface area contributed by atoms with Gasteiger partial charge in [0, 0.05) is 5.57 Å². The molecule has 0 aromatic carbocycles. The number of fused-ring (bicyclic) bond motifs is 2. The van der Waals surface area contributed by atoms with Crippen molar-refractivity contribution in [1.82, 2.24) is 0 Å². The number of cyclic esters (lactones) is 1. The number of aliphatic hydroxyl groups excluding tert-OH is 3. The molecule has 130 valence electrons. The van der Waals surface area contributed by atoms with Gasteiger partial charge in [0.2, 0.25) is 0 Å². The van der Waals surface area contributed by atoms with E-state index in [9.17, 15) is 20.1 Å². The Morgan fingerprint density at radius 1 is 1.09 bits per heavy atom. The van der Waals surface area contributed by atoms with Crippen LogP contribution in [-0.4, -0.2) is 65.2 Å². The van der Waals surface area contributed by atoms with Crippen LogP contribution in [0.3, 0.4) is 0 Å². The zero-order valence-corrected chi connectivity index (χ0v) is 13.3. The average Bonchev–Trinajstić information content (AvgIpc) is 2.52. The maximum atomic E-state index is 11.9. The van der Waals surface area contributed by atoms with Gasteiger partial charge in [-0.15, -0.1) is 0 Å². The van der Waals surface area contributed by atoms with Crippen molar-refractivity contribution in [2.75, 3.05) is 13.2 Å². The van der Waals surface area contributed by atoms with Gasteiger partial charge in [0.15, 0.2) is 6.29 Å². The molecule has 2 bridgehead atoms. The molecule has 0 saturated carbocycles. The quantitative estimate of drug-likeness (QED) is 0.426. The molecule has 23 heavy (non-hydrogen) atoms. The van der Waals surface area contributed by atoms with E-state index in [1.165, 1.54) is 0 Å². The summed E-state index contributed by atoms with van der Waals surface area (Å²) in [7, 11) is 0.